The molecule has 7 nitrogen and oxygen atoms in total. The second-order valence-corrected chi connectivity index (χ2v) is 8.18. The molecule has 3 heterocycles. The number of benzene rings is 1. The highest BCUT2D eigenvalue weighted by Gasteiger charge is 2.37. The van der Waals surface area contributed by atoms with Gasteiger partial charge >= 0.3 is 6.36 Å². The largest absolute Gasteiger partial charge is 0.573 e. The summed E-state index contributed by atoms with van der Waals surface area (Å²) in [5, 5.41) is 2.90. The lowest BCUT2D eigenvalue weighted by molar-refractivity contribution is -0.274. The molecule has 1 aromatic heterocycles. The highest BCUT2D eigenvalue weighted by Crippen LogP contribution is 2.38. The molecule has 0 spiro atoms. The number of carbonyl (C=O) groups excluding carboxylic acids is 2. The molecule has 0 aliphatic carbocycles. The topological polar surface area (TPSA) is 77.1 Å². The van der Waals surface area contributed by atoms with Crippen LogP contribution in [0.5, 0.6) is 5.75 Å². The SMILES string of the molecule is COC1CN(C(=O)c2c(NC(=O)c3ccccc3OC(F)(F)F)sc3c2CCOC3)C1. The van der Waals surface area contributed by atoms with E-state index in [4.69, 9.17) is 9.47 Å². The second kappa shape index (κ2) is 8.48. The predicted octanol–water partition coefficient (Wildman–Crippen LogP) is 3.44. The van der Waals surface area contributed by atoms with Gasteiger partial charge in [0.15, 0.2) is 0 Å². The van der Waals surface area contributed by atoms with Crippen molar-refractivity contribution in [1.29, 1.82) is 0 Å². The highest BCUT2D eigenvalue weighted by atomic mass is 32.1. The van der Waals surface area contributed by atoms with Gasteiger partial charge in [0.25, 0.3) is 11.8 Å². The number of ether oxygens (including phenoxy) is 3. The van der Waals surface area contributed by atoms with Gasteiger partial charge in [0, 0.05) is 25.1 Å². The summed E-state index contributed by atoms with van der Waals surface area (Å²) in [4.78, 5) is 28.4. The van der Waals surface area contributed by atoms with Gasteiger partial charge in [-0.25, -0.2) is 0 Å². The van der Waals surface area contributed by atoms with Gasteiger partial charge in [-0.3, -0.25) is 9.59 Å². The summed E-state index contributed by atoms with van der Waals surface area (Å²) in [7, 11) is 1.57. The Labute approximate surface area is 179 Å². The summed E-state index contributed by atoms with van der Waals surface area (Å²) < 4.78 is 52.8. The summed E-state index contributed by atoms with van der Waals surface area (Å²) in [5.74, 6) is -1.66. The minimum absolute atomic E-state index is 0.0359. The molecule has 2 aliphatic rings. The minimum atomic E-state index is -4.94. The molecular weight excluding hydrogens is 437 g/mol. The number of hydrogen-bond acceptors (Lipinski definition) is 6. The lowest BCUT2D eigenvalue weighted by atomic mass is 10.0. The zero-order valence-corrected chi connectivity index (χ0v) is 17.3. The van der Waals surface area contributed by atoms with Crippen molar-refractivity contribution in [3.8, 4) is 5.75 Å². The standard InChI is InChI=1S/C20H19F3N2O5S/c1-28-11-8-25(9-11)19(27)16-13-6-7-29-10-15(13)31-18(16)24-17(26)12-4-2-3-5-14(12)30-20(21,22)23/h2-5,11H,6-10H2,1H3,(H,24,26). The number of thiophene rings is 1. The molecule has 0 radical (unpaired) electrons. The van der Waals surface area contributed by atoms with Crippen molar-refractivity contribution in [2.75, 3.05) is 32.1 Å². The van der Waals surface area contributed by atoms with E-state index in [0.29, 0.717) is 38.3 Å². The van der Waals surface area contributed by atoms with Crippen LogP contribution in [0.4, 0.5) is 18.2 Å². The second-order valence-electron chi connectivity index (χ2n) is 7.08. The fourth-order valence-corrected chi connectivity index (χ4v) is 4.67. The molecule has 0 saturated carbocycles. The Bertz CT molecular complexity index is 1000. The Morgan fingerprint density at radius 3 is 2.71 bits per heavy atom. The Hall–Kier alpha value is -2.63. The van der Waals surface area contributed by atoms with Gasteiger partial charge in [0.1, 0.15) is 10.8 Å². The molecule has 0 unspecified atom stereocenters. The zero-order chi connectivity index (χ0) is 22.2. The van der Waals surface area contributed by atoms with Crippen molar-refractivity contribution in [3.63, 3.8) is 0 Å². The first-order valence-corrected chi connectivity index (χ1v) is 10.3. The lowest BCUT2D eigenvalue weighted by Gasteiger charge is -2.38. The average Bonchev–Trinajstić information content (AvgIpc) is 3.04. The van der Waals surface area contributed by atoms with Gasteiger partial charge in [-0.05, 0) is 24.1 Å². The summed E-state index contributed by atoms with van der Waals surface area (Å²) >= 11 is 1.19. The van der Waals surface area contributed by atoms with Crippen LogP contribution in [0, 0.1) is 0 Å². The number of amides is 2. The molecule has 2 aromatic rings. The first-order chi connectivity index (χ1) is 14.8. The van der Waals surface area contributed by atoms with E-state index in [1.54, 1.807) is 12.0 Å². The van der Waals surface area contributed by atoms with E-state index < -0.39 is 18.0 Å². The summed E-state index contributed by atoms with van der Waals surface area (Å²) in [5.41, 5.74) is 0.877. The zero-order valence-electron chi connectivity index (χ0n) is 16.5. The van der Waals surface area contributed by atoms with Crippen molar-refractivity contribution in [1.82, 2.24) is 4.90 Å². The van der Waals surface area contributed by atoms with Crippen LogP contribution in [-0.2, 0) is 22.5 Å². The minimum Gasteiger partial charge on any atom is -0.405 e. The monoisotopic (exact) mass is 456 g/mol. The number of likely N-dealkylation sites (tertiary alicyclic amines) is 1. The van der Waals surface area contributed by atoms with E-state index >= 15 is 0 Å². The lowest BCUT2D eigenvalue weighted by Crippen LogP contribution is -2.54. The first kappa shape index (κ1) is 21.6. The van der Waals surface area contributed by atoms with Crippen molar-refractivity contribution < 1.29 is 37.0 Å². The summed E-state index contributed by atoms with van der Waals surface area (Å²) in [6.07, 6.45) is -4.46. The van der Waals surface area contributed by atoms with Gasteiger partial charge < -0.3 is 24.4 Å². The van der Waals surface area contributed by atoms with Crippen molar-refractivity contribution in [2.24, 2.45) is 0 Å². The first-order valence-electron chi connectivity index (χ1n) is 9.47. The molecular formula is C20H19F3N2O5S. The third kappa shape index (κ3) is 4.53. The Morgan fingerprint density at radius 2 is 2.00 bits per heavy atom. The quantitative estimate of drug-likeness (QED) is 0.746. The Balaban J connectivity index is 1.63. The number of methoxy groups -OCH3 is 1. The number of para-hydroxylation sites is 1. The average molecular weight is 456 g/mol. The Morgan fingerprint density at radius 1 is 1.26 bits per heavy atom. The molecule has 4 rings (SSSR count). The smallest absolute Gasteiger partial charge is 0.405 e. The summed E-state index contributed by atoms with van der Waals surface area (Å²) in [6.45, 7) is 1.63. The third-order valence-electron chi connectivity index (χ3n) is 5.09. The molecule has 1 N–H and O–H groups in total. The molecule has 0 atom stereocenters. The number of carbonyl (C=O) groups is 2. The van der Waals surface area contributed by atoms with E-state index in [1.165, 1.54) is 29.5 Å². The maximum absolute atomic E-state index is 13.1. The fraction of sp³-hybridized carbons (Fsp3) is 0.400. The normalized spacial score (nSPS) is 16.5. The Kier molecular flexibility index (Phi) is 5.91. The fourth-order valence-electron chi connectivity index (χ4n) is 3.50. The van der Waals surface area contributed by atoms with Gasteiger partial charge in [-0.15, -0.1) is 24.5 Å². The van der Waals surface area contributed by atoms with E-state index in [0.717, 1.165) is 16.5 Å². The molecule has 2 amide bonds. The van der Waals surface area contributed by atoms with Gasteiger partial charge in [-0.1, -0.05) is 12.1 Å². The maximum Gasteiger partial charge on any atom is 0.573 e. The van der Waals surface area contributed by atoms with E-state index in [2.05, 4.69) is 10.1 Å². The van der Waals surface area contributed by atoms with E-state index in [-0.39, 0.29) is 22.6 Å². The van der Waals surface area contributed by atoms with Crippen LogP contribution >= 0.6 is 11.3 Å². The third-order valence-corrected chi connectivity index (χ3v) is 6.21. The molecule has 31 heavy (non-hydrogen) atoms. The van der Waals surface area contributed by atoms with Crippen molar-refractivity contribution >= 4 is 28.2 Å². The molecule has 1 saturated heterocycles. The van der Waals surface area contributed by atoms with Crippen LogP contribution in [0.15, 0.2) is 24.3 Å². The van der Waals surface area contributed by atoms with E-state index in [1.807, 2.05) is 0 Å². The van der Waals surface area contributed by atoms with Crippen LogP contribution in [0.3, 0.4) is 0 Å². The van der Waals surface area contributed by atoms with Crippen LogP contribution in [0.1, 0.15) is 31.2 Å². The molecule has 0 bridgehead atoms. The number of anilines is 1. The number of fused-ring (bicyclic) bond motifs is 1. The number of alkyl halides is 3. The predicted molar refractivity (Wildman–Crippen MR) is 105 cm³/mol. The van der Waals surface area contributed by atoms with Gasteiger partial charge in [0.2, 0.25) is 0 Å². The van der Waals surface area contributed by atoms with Crippen LogP contribution in [0.25, 0.3) is 0 Å². The van der Waals surface area contributed by atoms with Crippen molar-refractivity contribution in [3.05, 3.63) is 45.8 Å². The molecule has 1 aromatic carbocycles. The highest BCUT2D eigenvalue weighted by molar-refractivity contribution is 7.17. The number of nitrogens with zero attached hydrogens (tertiary/aromatic N) is 1. The van der Waals surface area contributed by atoms with Crippen molar-refractivity contribution in [2.45, 2.75) is 25.5 Å². The number of nitrogens with one attached hydrogen (secondary N) is 1. The maximum atomic E-state index is 13.1. The molecule has 2 aliphatic heterocycles. The van der Waals surface area contributed by atoms with Crippen LogP contribution < -0.4 is 10.1 Å². The van der Waals surface area contributed by atoms with Crippen LogP contribution in [0.2, 0.25) is 0 Å². The molecule has 11 heteroatoms. The number of rotatable bonds is 5. The van der Waals surface area contributed by atoms with Crippen LogP contribution in [-0.4, -0.2) is 56.0 Å². The van der Waals surface area contributed by atoms with Gasteiger partial charge in [-0.2, -0.15) is 0 Å². The van der Waals surface area contributed by atoms with Gasteiger partial charge in [0.05, 0.1) is 30.4 Å². The van der Waals surface area contributed by atoms with E-state index in [9.17, 15) is 22.8 Å². The molecule has 1 fully saturated rings. The molecule has 166 valence electrons. The summed E-state index contributed by atoms with van der Waals surface area (Å²) in [6, 6.07) is 5.06. The number of hydrogen-bond donors (Lipinski definition) is 1. The number of halogens is 3.